The SMILES string of the molecule is Cl.N#C[C@@H]1C[C@@H]2C[C@@H]2N1C(=O)[C@@H](N)C12CC3CC(CC(Cl)(C3)C1)C2. The number of hydrogen-bond acceptors (Lipinski definition) is 3. The monoisotopic (exact) mass is 369 g/mol. The highest BCUT2D eigenvalue weighted by Gasteiger charge is 2.62. The van der Waals surface area contributed by atoms with Crippen molar-refractivity contribution in [1.29, 1.82) is 5.26 Å². The van der Waals surface area contributed by atoms with E-state index in [0.717, 1.165) is 44.9 Å². The number of carbonyl (C=O) groups excluding carboxylic acids is 1. The van der Waals surface area contributed by atoms with Crippen molar-refractivity contribution in [1.82, 2.24) is 4.90 Å². The molecule has 1 aliphatic heterocycles. The Kier molecular flexibility index (Phi) is 3.71. The zero-order valence-corrected chi connectivity index (χ0v) is 15.4. The highest BCUT2D eigenvalue weighted by molar-refractivity contribution is 6.24. The molecule has 2 N–H and O–H groups in total. The van der Waals surface area contributed by atoms with E-state index in [1.165, 1.54) is 6.42 Å². The molecule has 0 aromatic rings. The number of piperidine rings is 1. The normalized spacial score (nSPS) is 51.5. The first-order chi connectivity index (χ1) is 10.9. The van der Waals surface area contributed by atoms with Crippen LogP contribution in [0, 0.1) is 34.5 Å². The maximum Gasteiger partial charge on any atom is 0.241 e. The smallest absolute Gasteiger partial charge is 0.241 e. The maximum absolute atomic E-state index is 13.2. The van der Waals surface area contributed by atoms with Crippen LogP contribution in [0.3, 0.4) is 0 Å². The Labute approximate surface area is 154 Å². The van der Waals surface area contributed by atoms with E-state index in [1.807, 2.05) is 4.90 Å². The van der Waals surface area contributed by atoms with Crippen molar-refractivity contribution in [3.63, 3.8) is 0 Å². The van der Waals surface area contributed by atoms with Crippen molar-refractivity contribution in [3.05, 3.63) is 0 Å². The first-order valence-corrected chi connectivity index (χ1v) is 9.47. The molecule has 5 saturated carbocycles. The third-order valence-corrected chi connectivity index (χ3v) is 7.91. The lowest BCUT2D eigenvalue weighted by molar-refractivity contribution is -0.143. The van der Waals surface area contributed by atoms with E-state index in [4.69, 9.17) is 17.3 Å². The van der Waals surface area contributed by atoms with Crippen LogP contribution < -0.4 is 5.73 Å². The molecule has 1 heterocycles. The maximum atomic E-state index is 13.2. The predicted molar refractivity (Wildman–Crippen MR) is 93.7 cm³/mol. The molecule has 0 aromatic heterocycles. The number of carbonyl (C=O) groups is 1. The van der Waals surface area contributed by atoms with Crippen LogP contribution in [-0.4, -0.2) is 33.8 Å². The van der Waals surface area contributed by atoms with Crippen molar-refractivity contribution < 1.29 is 4.79 Å². The molecule has 2 unspecified atom stereocenters. The fourth-order valence-electron chi connectivity index (χ4n) is 6.90. The number of nitriles is 1. The topological polar surface area (TPSA) is 70.1 Å². The third kappa shape index (κ3) is 2.24. The van der Waals surface area contributed by atoms with Crippen LogP contribution in [0.5, 0.6) is 0 Å². The van der Waals surface area contributed by atoms with Gasteiger partial charge in [0.2, 0.25) is 5.91 Å². The predicted octanol–water partition coefficient (Wildman–Crippen LogP) is 2.83. The number of halogens is 2. The van der Waals surface area contributed by atoms with E-state index in [2.05, 4.69) is 6.07 Å². The van der Waals surface area contributed by atoms with Crippen molar-refractivity contribution in [2.75, 3.05) is 0 Å². The van der Waals surface area contributed by atoms with E-state index in [9.17, 15) is 10.1 Å². The largest absolute Gasteiger partial charge is 0.322 e. The molecule has 6 heteroatoms. The summed E-state index contributed by atoms with van der Waals surface area (Å²) in [4.78, 5) is 14.9. The van der Waals surface area contributed by atoms with Crippen molar-refractivity contribution in [2.24, 2.45) is 28.9 Å². The molecule has 24 heavy (non-hydrogen) atoms. The van der Waals surface area contributed by atoms with Gasteiger partial charge in [0.05, 0.1) is 12.1 Å². The number of fused-ring (bicyclic) bond motifs is 1. The van der Waals surface area contributed by atoms with E-state index in [1.54, 1.807) is 0 Å². The van der Waals surface area contributed by atoms with Gasteiger partial charge in [-0.1, -0.05) is 0 Å². The summed E-state index contributed by atoms with van der Waals surface area (Å²) < 4.78 is 0. The van der Waals surface area contributed by atoms with E-state index >= 15 is 0 Å². The van der Waals surface area contributed by atoms with Crippen LogP contribution in [0.15, 0.2) is 0 Å². The second-order valence-electron chi connectivity index (χ2n) is 9.14. The summed E-state index contributed by atoms with van der Waals surface area (Å²) in [5, 5.41) is 9.37. The van der Waals surface area contributed by atoms with Crippen LogP contribution in [0.4, 0.5) is 0 Å². The zero-order valence-electron chi connectivity index (χ0n) is 13.8. The van der Waals surface area contributed by atoms with Crippen molar-refractivity contribution in [2.45, 2.75) is 74.4 Å². The molecule has 0 aromatic carbocycles. The number of hydrogen-bond donors (Lipinski definition) is 1. The average molecular weight is 370 g/mol. The number of nitrogens with two attached hydrogens (primary N) is 1. The zero-order chi connectivity index (χ0) is 16.0. The summed E-state index contributed by atoms with van der Waals surface area (Å²) in [5.74, 6) is 1.87. The Morgan fingerprint density at radius 3 is 2.46 bits per heavy atom. The number of nitrogens with zero attached hydrogens (tertiary/aromatic N) is 2. The number of amides is 1. The van der Waals surface area contributed by atoms with Gasteiger partial charge in [0.15, 0.2) is 0 Å². The minimum Gasteiger partial charge on any atom is -0.322 e. The van der Waals surface area contributed by atoms with Crippen LogP contribution in [0.1, 0.15) is 51.4 Å². The van der Waals surface area contributed by atoms with Crippen LogP contribution >= 0.6 is 24.0 Å². The molecule has 6 aliphatic rings. The molecule has 4 bridgehead atoms. The van der Waals surface area contributed by atoms with Gasteiger partial charge in [-0.2, -0.15) is 5.26 Å². The number of alkyl halides is 1. The Morgan fingerprint density at radius 2 is 1.88 bits per heavy atom. The lowest BCUT2D eigenvalue weighted by atomic mass is 9.47. The lowest BCUT2D eigenvalue weighted by Crippen LogP contribution is -2.63. The molecular formula is C18H25Cl2N3O. The Morgan fingerprint density at radius 1 is 1.21 bits per heavy atom. The number of rotatable bonds is 2. The third-order valence-electron chi connectivity index (χ3n) is 7.47. The van der Waals surface area contributed by atoms with Gasteiger partial charge in [0.25, 0.3) is 0 Å². The van der Waals surface area contributed by atoms with Crippen LogP contribution in [-0.2, 0) is 4.79 Å². The second-order valence-corrected chi connectivity index (χ2v) is 9.94. The molecule has 4 nitrogen and oxygen atoms in total. The molecule has 6 rings (SSSR count). The fourth-order valence-corrected chi connectivity index (χ4v) is 7.60. The Bertz CT molecular complexity index is 604. The first-order valence-electron chi connectivity index (χ1n) is 9.09. The lowest BCUT2D eigenvalue weighted by Gasteiger charge is -2.61. The Balaban J connectivity index is 0.00000146. The molecule has 6 atom stereocenters. The Hall–Kier alpha value is -0.500. The molecule has 0 radical (unpaired) electrons. The minimum absolute atomic E-state index is 0. The quantitative estimate of drug-likeness (QED) is 0.760. The number of likely N-dealkylation sites (tertiary alicyclic amines) is 1. The fraction of sp³-hybridized carbons (Fsp3) is 0.889. The summed E-state index contributed by atoms with van der Waals surface area (Å²) in [6.45, 7) is 0. The van der Waals surface area contributed by atoms with E-state index in [-0.39, 0.29) is 40.7 Å². The highest BCUT2D eigenvalue weighted by atomic mass is 35.5. The van der Waals surface area contributed by atoms with Gasteiger partial charge in [0, 0.05) is 10.9 Å². The average Bonchev–Trinajstić information content (AvgIpc) is 3.14. The van der Waals surface area contributed by atoms with E-state index in [0.29, 0.717) is 17.8 Å². The molecule has 1 amide bonds. The first kappa shape index (κ1) is 16.9. The summed E-state index contributed by atoms with van der Waals surface area (Å²) in [6.07, 6.45) is 8.39. The molecule has 1 saturated heterocycles. The highest BCUT2D eigenvalue weighted by Crippen LogP contribution is 2.65. The summed E-state index contributed by atoms with van der Waals surface area (Å²) in [7, 11) is 0. The van der Waals surface area contributed by atoms with Crippen LogP contribution in [0.25, 0.3) is 0 Å². The van der Waals surface area contributed by atoms with Gasteiger partial charge in [-0.3, -0.25) is 4.79 Å². The van der Waals surface area contributed by atoms with Crippen LogP contribution in [0.2, 0.25) is 0 Å². The molecule has 5 aliphatic carbocycles. The summed E-state index contributed by atoms with van der Waals surface area (Å²) in [5.41, 5.74) is 6.48. The standard InChI is InChI=1S/C18H24ClN3O.ClH/c19-18-6-10-1-11(7-18)5-17(4-10,9-18)15(21)16(23)22-13(8-20)2-12-3-14(12)22;/h10-15H,1-7,9,21H2;1H/t10?,11?,12-,13+,14+,15-,17?,18?;/m1./s1. The van der Waals surface area contributed by atoms with Gasteiger partial charge in [0.1, 0.15) is 6.04 Å². The van der Waals surface area contributed by atoms with Gasteiger partial charge >= 0.3 is 0 Å². The van der Waals surface area contributed by atoms with Gasteiger partial charge in [-0.25, -0.2) is 0 Å². The van der Waals surface area contributed by atoms with E-state index < -0.39 is 6.04 Å². The molecule has 132 valence electrons. The summed E-state index contributed by atoms with van der Waals surface area (Å²) >= 11 is 6.89. The summed E-state index contributed by atoms with van der Waals surface area (Å²) in [6, 6.07) is 1.88. The molecule has 6 fully saturated rings. The van der Waals surface area contributed by atoms with Gasteiger partial charge in [-0.05, 0) is 74.5 Å². The van der Waals surface area contributed by atoms with Crippen molar-refractivity contribution >= 4 is 29.9 Å². The minimum atomic E-state index is -0.471. The second kappa shape index (κ2) is 5.25. The van der Waals surface area contributed by atoms with Crippen molar-refractivity contribution in [3.8, 4) is 6.07 Å². The molecular weight excluding hydrogens is 345 g/mol. The van der Waals surface area contributed by atoms with Gasteiger partial charge in [-0.15, -0.1) is 24.0 Å². The molecule has 0 spiro atoms. The van der Waals surface area contributed by atoms with Gasteiger partial charge < -0.3 is 10.6 Å².